The second kappa shape index (κ2) is 7.53. The van der Waals surface area contributed by atoms with Gasteiger partial charge in [0.2, 0.25) is 0 Å². The Balaban J connectivity index is 1.66. The molecule has 128 valence electrons. The number of aryl methyl sites for hydroxylation is 1. The van der Waals surface area contributed by atoms with Crippen LogP contribution in [0.25, 0.3) is 0 Å². The lowest BCUT2D eigenvalue weighted by Gasteiger charge is -2.32. The molecule has 0 spiro atoms. The largest absolute Gasteiger partial charge is 0.467 e. The number of carbonyl (C=O) groups excluding carboxylic acids is 1. The molecular formula is C19H24N2O3. The summed E-state index contributed by atoms with van der Waals surface area (Å²) in [6, 6.07) is 9.49. The van der Waals surface area contributed by atoms with Crippen LogP contribution in [0.3, 0.4) is 0 Å². The SMILES string of the molecule is Cc1ccoc1CNc1cccc(C(=O)N2CCCC(CO)C2)c1. The summed E-state index contributed by atoms with van der Waals surface area (Å²) in [6.45, 7) is 4.15. The predicted molar refractivity (Wildman–Crippen MR) is 92.9 cm³/mol. The lowest BCUT2D eigenvalue weighted by molar-refractivity contribution is 0.0621. The first-order chi connectivity index (χ1) is 11.7. The molecule has 0 saturated carbocycles. The molecule has 1 amide bonds. The zero-order chi connectivity index (χ0) is 16.9. The van der Waals surface area contributed by atoms with Crippen LogP contribution in [0.5, 0.6) is 0 Å². The fourth-order valence-corrected chi connectivity index (χ4v) is 3.11. The van der Waals surface area contributed by atoms with Gasteiger partial charge in [0.25, 0.3) is 5.91 Å². The van der Waals surface area contributed by atoms with Crippen LogP contribution in [0.4, 0.5) is 5.69 Å². The highest BCUT2D eigenvalue weighted by Gasteiger charge is 2.24. The summed E-state index contributed by atoms with van der Waals surface area (Å²) < 4.78 is 5.42. The van der Waals surface area contributed by atoms with Crippen LogP contribution in [0, 0.1) is 12.8 Å². The number of hydrogen-bond acceptors (Lipinski definition) is 4. The van der Waals surface area contributed by atoms with E-state index in [-0.39, 0.29) is 18.4 Å². The number of amides is 1. The Morgan fingerprint density at radius 1 is 1.42 bits per heavy atom. The molecule has 24 heavy (non-hydrogen) atoms. The molecule has 0 aliphatic carbocycles. The van der Waals surface area contributed by atoms with Gasteiger partial charge in [0.15, 0.2) is 0 Å². The fourth-order valence-electron chi connectivity index (χ4n) is 3.11. The molecule has 1 aromatic carbocycles. The Morgan fingerprint density at radius 3 is 3.04 bits per heavy atom. The maximum Gasteiger partial charge on any atom is 0.253 e. The molecule has 1 atom stereocenters. The molecule has 1 unspecified atom stereocenters. The number of benzene rings is 1. The average molecular weight is 328 g/mol. The molecule has 0 radical (unpaired) electrons. The molecule has 1 aliphatic rings. The van der Waals surface area contributed by atoms with Gasteiger partial charge < -0.3 is 19.7 Å². The normalized spacial score (nSPS) is 17.8. The van der Waals surface area contributed by atoms with Gasteiger partial charge in [0.05, 0.1) is 12.8 Å². The third kappa shape index (κ3) is 3.79. The molecule has 1 saturated heterocycles. The number of aliphatic hydroxyl groups excluding tert-OH is 1. The van der Waals surface area contributed by atoms with Gasteiger partial charge in [-0.3, -0.25) is 4.79 Å². The van der Waals surface area contributed by atoms with Gasteiger partial charge in [-0.2, -0.15) is 0 Å². The first kappa shape index (κ1) is 16.6. The molecule has 3 rings (SSSR count). The van der Waals surface area contributed by atoms with Crippen molar-refractivity contribution in [3.63, 3.8) is 0 Å². The van der Waals surface area contributed by atoms with Crippen molar-refractivity contribution in [2.24, 2.45) is 5.92 Å². The molecule has 1 aromatic heterocycles. The van der Waals surface area contributed by atoms with E-state index in [0.717, 1.165) is 36.4 Å². The van der Waals surface area contributed by atoms with E-state index in [2.05, 4.69) is 5.32 Å². The molecule has 2 N–H and O–H groups in total. The number of rotatable bonds is 5. The second-order valence-corrected chi connectivity index (χ2v) is 6.40. The first-order valence-corrected chi connectivity index (χ1v) is 8.44. The summed E-state index contributed by atoms with van der Waals surface area (Å²) in [5, 5.41) is 12.6. The Morgan fingerprint density at radius 2 is 2.29 bits per heavy atom. The van der Waals surface area contributed by atoms with Gasteiger partial charge in [-0.05, 0) is 55.5 Å². The number of anilines is 1. The van der Waals surface area contributed by atoms with Gasteiger partial charge in [-0.25, -0.2) is 0 Å². The van der Waals surface area contributed by atoms with Crippen LogP contribution in [0.2, 0.25) is 0 Å². The van der Waals surface area contributed by atoms with Crippen LogP contribution >= 0.6 is 0 Å². The van der Waals surface area contributed by atoms with Crippen molar-refractivity contribution in [2.75, 3.05) is 25.0 Å². The predicted octanol–water partition coefficient (Wildman–Crippen LogP) is 3.04. The van der Waals surface area contributed by atoms with E-state index in [9.17, 15) is 9.90 Å². The van der Waals surface area contributed by atoms with Crippen LogP contribution in [0.15, 0.2) is 41.0 Å². The van der Waals surface area contributed by atoms with E-state index in [1.807, 2.05) is 42.2 Å². The second-order valence-electron chi connectivity index (χ2n) is 6.40. The van der Waals surface area contributed by atoms with Crippen molar-refractivity contribution in [1.82, 2.24) is 4.90 Å². The van der Waals surface area contributed by atoms with Gasteiger partial charge >= 0.3 is 0 Å². The van der Waals surface area contributed by atoms with E-state index in [1.54, 1.807) is 6.26 Å². The quantitative estimate of drug-likeness (QED) is 0.885. The Hall–Kier alpha value is -2.27. The molecule has 1 fully saturated rings. The topological polar surface area (TPSA) is 65.7 Å². The third-order valence-electron chi connectivity index (χ3n) is 4.60. The standard InChI is InChI=1S/C19H24N2O3/c1-14-7-9-24-18(14)11-20-17-6-2-5-16(10-17)19(23)21-8-3-4-15(12-21)13-22/h2,5-7,9-10,15,20,22H,3-4,8,11-13H2,1H3. The van der Waals surface area contributed by atoms with E-state index < -0.39 is 0 Å². The highest BCUT2D eigenvalue weighted by Crippen LogP contribution is 2.20. The summed E-state index contributed by atoms with van der Waals surface area (Å²) >= 11 is 0. The number of hydrogen-bond donors (Lipinski definition) is 2. The van der Waals surface area contributed by atoms with Crippen LogP contribution in [0.1, 0.15) is 34.5 Å². The lowest BCUT2D eigenvalue weighted by atomic mass is 9.98. The Labute approximate surface area is 142 Å². The van der Waals surface area contributed by atoms with E-state index in [1.165, 1.54) is 0 Å². The number of nitrogens with zero attached hydrogens (tertiary/aromatic N) is 1. The van der Waals surface area contributed by atoms with Crippen molar-refractivity contribution in [3.05, 3.63) is 53.5 Å². The highest BCUT2D eigenvalue weighted by atomic mass is 16.3. The van der Waals surface area contributed by atoms with Gasteiger partial charge in [0.1, 0.15) is 5.76 Å². The molecule has 2 aromatic rings. The first-order valence-electron chi connectivity index (χ1n) is 8.44. The van der Waals surface area contributed by atoms with Crippen molar-refractivity contribution in [3.8, 4) is 0 Å². The number of piperidine rings is 1. The monoisotopic (exact) mass is 328 g/mol. The smallest absolute Gasteiger partial charge is 0.253 e. The maximum absolute atomic E-state index is 12.7. The van der Waals surface area contributed by atoms with Gasteiger partial charge in [-0.15, -0.1) is 0 Å². The number of furan rings is 1. The Kier molecular flexibility index (Phi) is 5.20. The Bertz CT molecular complexity index is 695. The van der Waals surface area contributed by atoms with E-state index >= 15 is 0 Å². The van der Waals surface area contributed by atoms with E-state index in [0.29, 0.717) is 18.7 Å². The zero-order valence-electron chi connectivity index (χ0n) is 14.0. The number of likely N-dealkylation sites (tertiary alicyclic amines) is 1. The van der Waals surface area contributed by atoms with Crippen LogP contribution in [-0.4, -0.2) is 35.6 Å². The number of nitrogens with one attached hydrogen (secondary N) is 1. The van der Waals surface area contributed by atoms with Gasteiger partial charge in [0, 0.05) is 30.9 Å². The summed E-state index contributed by atoms with van der Waals surface area (Å²) in [6.07, 6.45) is 3.62. The minimum Gasteiger partial charge on any atom is -0.467 e. The summed E-state index contributed by atoms with van der Waals surface area (Å²) in [4.78, 5) is 14.5. The zero-order valence-corrected chi connectivity index (χ0v) is 14.0. The van der Waals surface area contributed by atoms with Crippen molar-refractivity contribution >= 4 is 11.6 Å². The number of aliphatic hydroxyl groups is 1. The van der Waals surface area contributed by atoms with Crippen LogP contribution < -0.4 is 5.32 Å². The molecule has 0 bridgehead atoms. The maximum atomic E-state index is 12.7. The van der Waals surface area contributed by atoms with E-state index in [4.69, 9.17) is 4.42 Å². The minimum atomic E-state index is 0.0333. The van der Waals surface area contributed by atoms with Gasteiger partial charge in [-0.1, -0.05) is 6.07 Å². The average Bonchev–Trinajstić information content (AvgIpc) is 3.04. The van der Waals surface area contributed by atoms with Crippen molar-refractivity contribution < 1.29 is 14.3 Å². The minimum absolute atomic E-state index is 0.0333. The molecule has 5 heteroatoms. The summed E-state index contributed by atoms with van der Waals surface area (Å²) in [5.41, 5.74) is 2.68. The molecule has 5 nitrogen and oxygen atoms in total. The summed E-state index contributed by atoms with van der Waals surface area (Å²) in [5.74, 6) is 1.13. The number of carbonyl (C=O) groups is 1. The third-order valence-corrected chi connectivity index (χ3v) is 4.60. The van der Waals surface area contributed by atoms with Crippen molar-refractivity contribution in [2.45, 2.75) is 26.3 Å². The molecular weight excluding hydrogens is 304 g/mol. The van der Waals surface area contributed by atoms with Crippen LogP contribution in [-0.2, 0) is 6.54 Å². The lowest BCUT2D eigenvalue weighted by Crippen LogP contribution is -2.40. The van der Waals surface area contributed by atoms with Crippen molar-refractivity contribution in [1.29, 1.82) is 0 Å². The molecule has 2 heterocycles. The highest BCUT2D eigenvalue weighted by molar-refractivity contribution is 5.95. The molecule has 1 aliphatic heterocycles. The summed E-state index contributed by atoms with van der Waals surface area (Å²) in [7, 11) is 0. The fraction of sp³-hybridized carbons (Fsp3) is 0.421.